The molecule has 25 heavy (non-hydrogen) atoms. The molecule has 0 atom stereocenters. The Kier molecular flexibility index (Phi) is 8.14. The summed E-state index contributed by atoms with van der Waals surface area (Å²) in [5, 5.41) is 0. The molecule has 136 valence electrons. The first-order valence-corrected chi connectivity index (χ1v) is 10.8. The molecule has 0 heterocycles. The van der Waals surface area contributed by atoms with Crippen LogP contribution in [0.25, 0.3) is 0 Å². The number of hydrogen-bond donors (Lipinski definition) is 0. The Balaban J connectivity index is 2.07. The first-order chi connectivity index (χ1) is 12.2. The summed E-state index contributed by atoms with van der Waals surface area (Å²) in [6.07, 6.45) is 1.89. The van der Waals surface area contributed by atoms with Gasteiger partial charge < -0.3 is 18.2 Å². The molecule has 0 aromatic heterocycles. The van der Waals surface area contributed by atoms with E-state index in [0.717, 1.165) is 25.4 Å². The minimum atomic E-state index is -2.56. The predicted octanol–water partition coefficient (Wildman–Crippen LogP) is 4.87. The van der Waals surface area contributed by atoms with E-state index in [0.29, 0.717) is 6.61 Å². The molecule has 0 aliphatic carbocycles. The van der Waals surface area contributed by atoms with Gasteiger partial charge in [0.15, 0.2) is 0 Å². The highest BCUT2D eigenvalue weighted by Crippen LogP contribution is 2.26. The van der Waals surface area contributed by atoms with Crippen molar-refractivity contribution >= 4 is 20.2 Å². The molecule has 2 aromatic rings. The van der Waals surface area contributed by atoms with Gasteiger partial charge in [-0.25, -0.2) is 0 Å². The molecular formula is C20H29NO3Si. The molecule has 0 spiro atoms. The van der Waals surface area contributed by atoms with Crippen molar-refractivity contribution in [3.05, 3.63) is 60.7 Å². The van der Waals surface area contributed by atoms with Crippen molar-refractivity contribution in [3.63, 3.8) is 0 Å². The predicted molar refractivity (Wildman–Crippen MR) is 105 cm³/mol. The van der Waals surface area contributed by atoms with Gasteiger partial charge in [-0.1, -0.05) is 43.3 Å². The summed E-state index contributed by atoms with van der Waals surface area (Å²) < 4.78 is 17.3. The lowest BCUT2D eigenvalue weighted by molar-refractivity contribution is 0.0979. The topological polar surface area (TPSA) is 30.9 Å². The van der Waals surface area contributed by atoms with Crippen molar-refractivity contribution in [2.75, 3.05) is 32.3 Å². The molecule has 0 radical (unpaired) electrons. The second-order valence-electron chi connectivity index (χ2n) is 5.87. The van der Waals surface area contributed by atoms with Crippen LogP contribution >= 0.6 is 0 Å². The molecular weight excluding hydrogens is 330 g/mol. The molecule has 0 bridgehead atoms. The highest BCUT2D eigenvalue weighted by atomic mass is 28.4. The number of para-hydroxylation sites is 2. The summed E-state index contributed by atoms with van der Waals surface area (Å²) in [5.41, 5.74) is 2.37. The molecule has 0 saturated heterocycles. The van der Waals surface area contributed by atoms with Crippen LogP contribution in [0.1, 0.15) is 19.8 Å². The zero-order valence-corrected chi connectivity index (χ0v) is 16.5. The van der Waals surface area contributed by atoms with E-state index in [9.17, 15) is 0 Å². The molecule has 0 amide bonds. The highest BCUT2D eigenvalue weighted by Gasteiger charge is 2.38. The fraction of sp³-hybridized carbons (Fsp3) is 0.400. The summed E-state index contributed by atoms with van der Waals surface area (Å²) in [7, 11) is 0.824. The average Bonchev–Trinajstić information content (AvgIpc) is 2.69. The van der Waals surface area contributed by atoms with Crippen molar-refractivity contribution < 1.29 is 13.3 Å². The third-order valence-electron chi connectivity index (χ3n) is 4.15. The third kappa shape index (κ3) is 5.68. The van der Waals surface area contributed by atoms with Crippen molar-refractivity contribution in [1.29, 1.82) is 0 Å². The van der Waals surface area contributed by atoms with Gasteiger partial charge >= 0.3 is 8.80 Å². The summed E-state index contributed by atoms with van der Waals surface area (Å²) in [6.45, 7) is 3.65. The summed E-state index contributed by atoms with van der Waals surface area (Å²) in [6, 6.07) is 21.7. The molecule has 0 fully saturated rings. The van der Waals surface area contributed by atoms with Crippen LogP contribution in [-0.4, -0.2) is 36.2 Å². The van der Waals surface area contributed by atoms with E-state index in [1.807, 2.05) is 12.1 Å². The minimum Gasteiger partial charge on any atom is -0.377 e. The number of rotatable bonds is 11. The number of benzene rings is 2. The second-order valence-corrected chi connectivity index (χ2v) is 8.84. The maximum absolute atomic E-state index is 5.95. The van der Waals surface area contributed by atoms with E-state index in [4.69, 9.17) is 13.3 Å². The minimum absolute atomic E-state index is 0.676. The van der Waals surface area contributed by atoms with Gasteiger partial charge in [-0.05, 0) is 37.1 Å². The standard InChI is InChI=1S/C20H29NO3Si/c1-4-17-24-25(22-2,23-3)18-11-16-21(19-12-7-5-8-13-19)20-14-9-6-10-15-20/h5-10,12-15H,4,11,16-18H2,1-3H3. The Morgan fingerprint density at radius 2 is 1.36 bits per heavy atom. The van der Waals surface area contributed by atoms with E-state index in [1.165, 1.54) is 11.4 Å². The fourth-order valence-corrected chi connectivity index (χ4v) is 4.87. The van der Waals surface area contributed by atoms with Crippen molar-refractivity contribution in [1.82, 2.24) is 0 Å². The lowest BCUT2D eigenvalue weighted by Crippen LogP contribution is -2.44. The van der Waals surface area contributed by atoms with Gasteiger partial charge in [0.05, 0.1) is 0 Å². The number of hydrogen-bond acceptors (Lipinski definition) is 4. The lowest BCUT2D eigenvalue weighted by atomic mass is 10.2. The maximum atomic E-state index is 5.95. The van der Waals surface area contributed by atoms with Crippen molar-refractivity contribution in [2.45, 2.75) is 25.8 Å². The van der Waals surface area contributed by atoms with Crippen LogP contribution in [-0.2, 0) is 13.3 Å². The van der Waals surface area contributed by atoms with Crippen LogP contribution in [0.15, 0.2) is 60.7 Å². The molecule has 2 rings (SSSR count). The first kappa shape index (κ1) is 19.7. The number of nitrogens with zero attached hydrogens (tertiary/aromatic N) is 1. The van der Waals surface area contributed by atoms with Gasteiger partial charge in [-0.2, -0.15) is 0 Å². The second kappa shape index (κ2) is 10.4. The Bertz CT molecular complexity index is 551. The largest absolute Gasteiger partial charge is 0.500 e. The maximum Gasteiger partial charge on any atom is 0.500 e. The summed E-state index contributed by atoms with van der Waals surface area (Å²) in [5.74, 6) is 0. The smallest absolute Gasteiger partial charge is 0.377 e. The molecule has 0 saturated carbocycles. The Labute approximate surface area is 152 Å². The van der Waals surface area contributed by atoms with Crippen molar-refractivity contribution in [2.24, 2.45) is 0 Å². The van der Waals surface area contributed by atoms with E-state index in [-0.39, 0.29) is 0 Å². The van der Waals surface area contributed by atoms with E-state index >= 15 is 0 Å². The van der Waals surface area contributed by atoms with Crippen LogP contribution in [0.5, 0.6) is 0 Å². The Hall–Kier alpha value is -1.66. The fourth-order valence-electron chi connectivity index (χ4n) is 2.81. The Morgan fingerprint density at radius 1 is 0.840 bits per heavy atom. The molecule has 0 aliphatic heterocycles. The molecule has 2 aromatic carbocycles. The van der Waals surface area contributed by atoms with Crippen molar-refractivity contribution in [3.8, 4) is 0 Å². The molecule has 4 nitrogen and oxygen atoms in total. The molecule has 5 heteroatoms. The van der Waals surface area contributed by atoms with E-state index < -0.39 is 8.80 Å². The lowest BCUT2D eigenvalue weighted by Gasteiger charge is -2.29. The monoisotopic (exact) mass is 359 g/mol. The zero-order chi connectivity index (χ0) is 18.0. The average molecular weight is 360 g/mol. The first-order valence-electron chi connectivity index (χ1n) is 8.86. The molecule has 0 N–H and O–H groups in total. The Morgan fingerprint density at radius 3 is 1.80 bits per heavy atom. The van der Waals surface area contributed by atoms with Crippen LogP contribution in [0, 0.1) is 0 Å². The van der Waals surface area contributed by atoms with E-state index in [2.05, 4.69) is 60.4 Å². The molecule has 0 unspecified atom stereocenters. The van der Waals surface area contributed by atoms with Crippen LogP contribution in [0.3, 0.4) is 0 Å². The zero-order valence-electron chi connectivity index (χ0n) is 15.5. The van der Waals surface area contributed by atoms with Gasteiger partial charge in [-0.3, -0.25) is 0 Å². The molecule has 0 aliphatic rings. The van der Waals surface area contributed by atoms with E-state index in [1.54, 1.807) is 14.2 Å². The van der Waals surface area contributed by atoms with Gasteiger partial charge in [0, 0.05) is 44.8 Å². The summed E-state index contributed by atoms with van der Waals surface area (Å²) in [4.78, 5) is 2.32. The highest BCUT2D eigenvalue weighted by molar-refractivity contribution is 6.60. The normalized spacial score (nSPS) is 11.5. The van der Waals surface area contributed by atoms with Gasteiger partial charge in [0.25, 0.3) is 0 Å². The SMILES string of the molecule is CCCO[Si](CCCN(c1ccccc1)c1ccccc1)(OC)OC. The van der Waals surface area contributed by atoms with Gasteiger partial charge in [-0.15, -0.1) is 0 Å². The third-order valence-corrected chi connectivity index (χ3v) is 7.00. The van der Waals surface area contributed by atoms with Gasteiger partial charge in [0.1, 0.15) is 0 Å². The van der Waals surface area contributed by atoms with Crippen LogP contribution < -0.4 is 4.90 Å². The van der Waals surface area contributed by atoms with Gasteiger partial charge in [0.2, 0.25) is 0 Å². The number of anilines is 2. The quantitative estimate of drug-likeness (QED) is 0.535. The van der Waals surface area contributed by atoms with Crippen LogP contribution in [0.4, 0.5) is 11.4 Å². The van der Waals surface area contributed by atoms with Crippen LogP contribution in [0.2, 0.25) is 6.04 Å². The summed E-state index contributed by atoms with van der Waals surface area (Å²) >= 11 is 0.